The largest absolute Gasteiger partial charge is 0.352 e. The van der Waals surface area contributed by atoms with Crippen molar-refractivity contribution in [2.75, 3.05) is 0 Å². The lowest BCUT2D eigenvalue weighted by molar-refractivity contribution is -0.120. The first-order valence-electron chi connectivity index (χ1n) is 8.17. The van der Waals surface area contributed by atoms with E-state index in [1.807, 2.05) is 73.1 Å². The Balaban J connectivity index is 1.72. The number of hydrogen-bond acceptors (Lipinski definition) is 2. The van der Waals surface area contributed by atoms with Gasteiger partial charge in [-0.2, -0.15) is 5.10 Å². The van der Waals surface area contributed by atoms with Gasteiger partial charge in [-0.05, 0) is 37.6 Å². The minimum absolute atomic E-state index is 0.00503. The average Bonchev–Trinajstić information content (AvgIpc) is 2.90. The molecule has 0 bridgehead atoms. The van der Waals surface area contributed by atoms with E-state index in [9.17, 15) is 4.79 Å². The SMILES string of the molecule is Cc1nn(-c2ccccc2)c(C)c1CC(=O)NCc1ccccc1Br. The van der Waals surface area contributed by atoms with E-state index in [-0.39, 0.29) is 5.91 Å². The normalized spacial score (nSPS) is 10.7. The molecule has 2 aromatic carbocycles. The van der Waals surface area contributed by atoms with Crippen LogP contribution in [0.3, 0.4) is 0 Å². The summed E-state index contributed by atoms with van der Waals surface area (Å²) in [4.78, 5) is 12.4. The molecule has 3 aromatic rings. The van der Waals surface area contributed by atoms with Crippen LogP contribution < -0.4 is 5.32 Å². The van der Waals surface area contributed by atoms with E-state index in [0.29, 0.717) is 13.0 Å². The van der Waals surface area contributed by atoms with E-state index in [4.69, 9.17) is 0 Å². The van der Waals surface area contributed by atoms with E-state index < -0.39 is 0 Å². The molecule has 0 unspecified atom stereocenters. The number of nitrogens with one attached hydrogen (secondary N) is 1. The van der Waals surface area contributed by atoms with Gasteiger partial charge in [-0.25, -0.2) is 4.68 Å². The van der Waals surface area contributed by atoms with Gasteiger partial charge in [0.1, 0.15) is 0 Å². The lowest BCUT2D eigenvalue weighted by atomic mass is 10.1. The Bertz CT molecular complexity index is 887. The molecule has 1 heterocycles. The first-order chi connectivity index (χ1) is 12.1. The predicted molar refractivity (Wildman–Crippen MR) is 103 cm³/mol. The highest BCUT2D eigenvalue weighted by Gasteiger charge is 2.16. The second-order valence-corrected chi connectivity index (χ2v) is 6.80. The molecule has 0 saturated heterocycles. The van der Waals surface area contributed by atoms with Crippen molar-refractivity contribution in [1.82, 2.24) is 15.1 Å². The number of carbonyl (C=O) groups is 1. The van der Waals surface area contributed by atoms with E-state index in [2.05, 4.69) is 26.3 Å². The zero-order valence-corrected chi connectivity index (χ0v) is 15.9. The maximum atomic E-state index is 12.4. The molecule has 3 rings (SSSR count). The third-order valence-electron chi connectivity index (χ3n) is 4.21. The van der Waals surface area contributed by atoms with Crippen molar-refractivity contribution in [3.8, 4) is 5.69 Å². The van der Waals surface area contributed by atoms with Crippen molar-refractivity contribution in [1.29, 1.82) is 0 Å². The molecular weight excluding hydrogens is 378 g/mol. The third-order valence-corrected chi connectivity index (χ3v) is 4.99. The van der Waals surface area contributed by atoms with Crippen LogP contribution in [-0.2, 0) is 17.8 Å². The topological polar surface area (TPSA) is 46.9 Å². The molecule has 0 radical (unpaired) electrons. The average molecular weight is 398 g/mol. The van der Waals surface area contributed by atoms with Gasteiger partial charge >= 0.3 is 0 Å². The van der Waals surface area contributed by atoms with Crippen molar-refractivity contribution >= 4 is 21.8 Å². The van der Waals surface area contributed by atoms with E-state index >= 15 is 0 Å². The van der Waals surface area contributed by atoms with Gasteiger partial charge in [0, 0.05) is 22.3 Å². The summed E-state index contributed by atoms with van der Waals surface area (Å²) in [5.41, 5.74) is 4.93. The second kappa shape index (κ2) is 7.66. The Morgan fingerprint density at radius 1 is 1.08 bits per heavy atom. The second-order valence-electron chi connectivity index (χ2n) is 5.94. The summed E-state index contributed by atoms with van der Waals surface area (Å²) in [7, 11) is 0. The molecule has 0 spiro atoms. The molecule has 1 amide bonds. The summed E-state index contributed by atoms with van der Waals surface area (Å²) < 4.78 is 2.89. The molecule has 0 aliphatic carbocycles. The predicted octanol–water partition coefficient (Wildman–Crippen LogP) is 4.11. The Morgan fingerprint density at radius 2 is 1.76 bits per heavy atom. The van der Waals surface area contributed by atoms with Crippen LogP contribution in [0.2, 0.25) is 0 Å². The van der Waals surface area contributed by atoms with Crippen molar-refractivity contribution < 1.29 is 4.79 Å². The van der Waals surface area contributed by atoms with Gasteiger partial charge < -0.3 is 5.32 Å². The summed E-state index contributed by atoms with van der Waals surface area (Å²) in [6.45, 7) is 4.46. The Hall–Kier alpha value is -2.40. The van der Waals surface area contributed by atoms with Crippen molar-refractivity contribution in [3.63, 3.8) is 0 Å². The number of para-hydroxylation sites is 1. The van der Waals surface area contributed by atoms with E-state index in [1.54, 1.807) is 0 Å². The molecule has 128 valence electrons. The maximum absolute atomic E-state index is 12.4. The molecule has 0 saturated carbocycles. The highest BCUT2D eigenvalue weighted by molar-refractivity contribution is 9.10. The fraction of sp³-hybridized carbons (Fsp3) is 0.200. The van der Waals surface area contributed by atoms with Gasteiger partial charge in [0.25, 0.3) is 0 Å². The number of carbonyl (C=O) groups excluding carboxylic acids is 1. The standard InChI is InChI=1S/C20H20BrN3O/c1-14-18(15(2)24(23-14)17-9-4-3-5-10-17)12-20(25)22-13-16-8-6-7-11-19(16)21/h3-11H,12-13H2,1-2H3,(H,22,25). The fourth-order valence-corrected chi connectivity index (χ4v) is 3.23. The van der Waals surface area contributed by atoms with Gasteiger partial charge in [-0.15, -0.1) is 0 Å². The molecule has 25 heavy (non-hydrogen) atoms. The Kier molecular flexibility index (Phi) is 5.34. The molecule has 0 fully saturated rings. The van der Waals surface area contributed by atoms with E-state index in [0.717, 1.165) is 32.7 Å². The molecule has 0 atom stereocenters. The molecule has 1 aromatic heterocycles. The molecular formula is C20H20BrN3O. The Morgan fingerprint density at radius 3 is 2.48 bits per heavy atom. The van der Waals surface area contributed by atoms with Gasteiger partial charge in [0.15, 0.2) is 0 Å². The van der Waals surface area contributed by atoms with Crippen LogP contribution in [-0.4, -0.2) is 15.7 Å². The Labute approximate surface area is 156 Å². The number of halogens is 1. The van der Waals surface area contributed by atoms with Crippen molar-refractivity contribution in [3.05, 3.63) is 81.6 Å². The van der Waals surface area contributed by atoms with Crippen LogP contribution in [0.4, 0.5) is 0 Å². The first kappa shape index (κ1) is 17.4. The zero-order chi connectivity index (χ0) is 17.8. The molecule has 1 N–H and O–H groups in total. The molecule has 0 aliphatic rings. The van der Waals surface area contributed by atoms with Gasteiger partial charge in [0.05, 0.1) is 17.8 Å². The molecule has 4 nitrogen and oxygen atoms in total. The van der Waals surface area contributed by atoms with Crippen LogP contribution in [0.5, 0.6) is 0 Å². The molecule has 0 aliphatic heterocycles. The summed E-state index contributed by atoms with van der Waals surface area (Å²) in [5.74, 6) is -0.00503. The smallest absolute Gasteiger partial charge is 0.224 e. The van der Waals surface area contributed by atoms with Crippen LogP contribution >= 0.6 is 15.9 Å². The zero-order valence-electron chi connectivity index (χ0n) is 14.3. The van der Waals surface area contributed by atoms with Crippen LogP contribution in [0.1, 0.15) is 22.5 Å². The van der Waals surface area contributed by atoms with Gasteiger partial charge in [-0.3, -0.25) is 4.79 Å². The van der Waals surface area contributed by atoms with Crippen molar-refractivity contribution in [2.24, 2.45) is 0 Å². The maximum Gasteiger partial charge on any atom is 0.224 e. The van der Waals surface area contributed by atoms with Crippen LogP contribution in [0.15, 0.2) is 59.1 Å². The minimum atomic E-state index is -0.00503. The number of nitrogens with zero attached hydrogens (tertiary/aromatic N) is 2. The number of aromatic nitrogens is 2. The van der Waals surface area contributed by atoms with Crippen LogP contribution in [0, 0.1) is 13.8 Å². The highest BCUT2D eigenvalue weighted by atomic mass is 79.9. The number of amides is 1. The van der Waals surface area contributed by atoms with Gasteiger partial charge in [0.2, 0.25) is 5.91 Å². The minimum Gasteiger partial charge on any atom is -0.352 e. The number of benzene rings is 2. The quantitative estimate of drug-likeness (QED) is 0.703. The first-order valence-corrected chi connectivity index (χ1v) is 8.96. The van der Waals surface area contributed by atoms with Gasteiger partial charge in [-0.1, -0.05) is 52.3 Å². The fourth-order valence-electron chi connectivity index (χ4n) is 2.81. The summed E-state index contributed by atoms with van der Waals surface area (Å²) in [5, 5.41) is 7.58. The summed E-state index contributed by atoms with van der Waals surface area (Å²) >= 11 is 3.50. The van der Waals surface area contributed by atoms with Crippen molar-refractivity contribution in [2.45, 2.75) is 26.8 Å². The highest BCUT2D eigenvalue weighted by Crippen LogP contribution is 2.19. The molecule has 5 heteroatoms. The number of rotatable bonds is 5. The van der Waals surface area contributed by atoms with Crippen LogP contribution in [0.25, 0.3) is 5.69 Å². The number of aryl methyl sites for hydroxylation is 1. The lowest BCUT2D eigenvalue weighted by Crippen LogP contribution is -2.25. The lowest BCUT2D eigenvalue weighted by Gasteiger charge is -2.08. The number of hydrogen-bond donors (Lipinski definition) is 1. The van der Waals surface area contributed by atoms with E-state index in [1.165, 1.54) is 0 Å². The summed E-state index contributed by atoms with van der Waals surface area (Å²) in [6, 6.07) is 17.8. The monoisotopic (exact) mass is 397 g/mol. The third kappa shape index (κ3) is 3.99. The summed E-state index contributed by atoms with van der Waals surface area (Å²) in [6.07, 6.45) is 0.328.